The van der Waals surface area contributed by atoms with Crippen molar-refractivity contribution in [3.05, 3.63) is 12.0 Å². The van der Waals surface area contributed by atoms with Crippen molar-refractivity contribution >= 4 is 0 Å². The third kappa shape index (κ3) is 1.92. The number of fused-ring (bicyclic) bond motifs is 3. The van der Waals surface area contributed by atoms with E-state index in [0.717, 1.165) is 0 Å². The van der Waals surface area contributed by atoms with Crippen LogP contribution in [-0.4, -0.2) is 36.5 Å². The molecule has 0 saturated carbocycles. The van der Waals surface area contributed by atoms with Crippen LogP contribution in [0.25, 0.3) is 0 Å². The lowest BCUT2D eigenvalue weighted by molar-refractivity contribution is -0.323. The van der Waals surface area contributed by atoms with Gasteiger partial charge < -0.3 is 23.7 Å². The average Bonchev–Trinajstić information content (AvgIpc) is 2.51. The molecule has 3 heterocycles. The zero-order valence-electron chi connectivity index (χ0n) is 10.6. The van der Waals surface area contributed by atoms with E-state index in [9.17, 15) is 0 Å². The van der Waals surface area contributed by atoms with Crippen molar-refractivity contribution in [2.24, 2.45) is 0 Å². The van der Waals surface area contributed by atoms with Gasteiger partial charge in [-0.2, -0.15) is 0 Å². The number of hydrogen-bond donors (Lipinski definition) is 0. The zero-order chi connectivity index (χ0) is 12.3. The Kier molecular flexibility index (Phi) is 2.24. The Bertz CT molecular complexity index is 360. The molecule has 0 aromatic heterocycles. The van der Waals surface area contributed by atoms with Gasteiger partial charge in [-0.05, 0) is 13.8 Å². The summed E-state index contributed by atoms with van der Waals surface area (Å²) >= 11 is 0. The van der Waals surface area contributed by atoms with E-state index in [4.69, 9.17) is 23.7 Å². The highest BCUT2D eigenvalue weighted by Gasteiger charge is 2.52. The molecule has 17 heavy (non-hydrogen) atoms. The van der Waals surface area contributed by atoms with Crippen molar-refractivity contribution in [1.29, 1.82) is 0 Å². The summed E-state index contributed by atoms with van der Waals surface area (Å²) in [5.41, 5.74) is 0. The van der Waals surface area contributed by atoms with E-state index < -0.39 is 11.6 Å². The molecule has 3 aliphatic rings. The molecule has 0 unspecified atom stereocenters. The molecule has 0 spiro atoms. The van der Waals surface area contributed by atoms with E-state index in [-0.39, 0.29) is 18.3 Å². The van der Waals surface area contributed by atoms with E-state index in [1.165, 1.54) is 0 Å². The monoisotopic (exact) mass is 242 g/mol. The summed E-state index contributed by atoms with van der Waals surface area (Å²) in [6.07, 6.45) is 1.10. The first-order chi connectivity index (χ1) is 7.86. The van der Waals surface area contributed by atoms with Gasteiger partial charge in [0.25, 0.3) is 0 Å². The van der Waals surface area contributed by atoms with Gasteiger partial charge in [-0.3, -0.25) is 0 Å². The maximum Gasteiger partial charge on any atom is 0.205 e. The minimum Gasteiger partial charge on any atom is -0.489 e. The van der Waals surface area contributed by atoms with Gasteiger partial charge >= 0.3 is 0 Å². The van der Waals surface area contributed by atoms with Gasteiger partial charge in [-0.25, -0.2) is 0 Å². The van der Waals surface area contributed by atoms with Crippen molar-refractivity contribution in [2.75, 3.05) is 6.61 Å². The molecule has 5 nitrogen and oxygen atoms in total. The van der Waals surface area contributed by atoms with Gasteiger partial charge in [-0.15, -0.1) is 0 Å². The van der Waals surface area contributed by atoms with Crippen molar-refractivity contribution in [3.8, 4) is 0 Å². The molecule has 0 radical (unpaired) electrons. The molecular weight excluding hydrogens is 224 g/mol. The van der Waals surface area contributed by atoms with Crippen molar-refractivity contribution in [1.82, 2.24) is 0 Å². The van der Waals surface area contributed by atoms with E-state index >= 15 is 0 Å². The molecule has 96 valence electrons. The first kappa shape index (κ1) is 11.3. The zero-order valence-corrected chi connectivity index (χ0v) is 10.6. The standard InChI is InChI=1S/C12H18O5/c1-11(2)14-6-7-9(16-11)10-8(5-13-7)15-12(3,4)17-10/h5,7,9-10H,6H2,1-4H3/t7-,9-,10-/m1/s1. The first-order valence-electron chi connectivity index (χ1n) is 5.90. The fourth-order valence-electron chi connectivity index (χ4n) is 2.39. The summed E-state index contributed by atoms with van der Waals surface area (Å²) in [6.45, 7) is 8.04. The van der Waals surface area contributed by atoms with Gasteiger partial charge in [0.05, 0.1) is 6.61 Å². The molecular formula is C12H18O5. The van der Waals surface area contributed by atoms with Crippen molar-refractivity contribution < 1.29 is 23.7 Å². The Labute approximate surface area is 101 Å². The van der Waals surface area contributed by atoms with E-state index in [1.807, 2.05) is 27.7 Å². The highest BCUT2D eigenvalue weighted by atomic mass is 16.8. The topological polar surface area (TPSA) is 46.2 Å². The highest BCUT2D eigenvalue weighted by molar-refractivity contribution is 5.12. The van der Waals surface area contributed by atoms with E-state index in [1.54, 1.807) is 6.26 Å². The van der Waals surface area contributed by atoms with Gasteiger partial charge in [-0.1, -0.05) is 0 Å². The largest absolute Gasteiger partial charge is 0.489 e. The lowest BCUT2D eigenvalue weighted by atomic mass is 10.0. The first-order valence-corrected chi connectivity index (χ1v) is 5.90. The fourth-order valence-corrected chi connectivity index (χ4v) is 2.39. The minimum absolute atomic E-state index is 0.130. The predicted octanol–water partition coefficient (Wildman–Crippen LogP) is 1.53. The number of hydrogen-bond acceptors (Lipinski definition) is 5. The highest BCUT2D eigenvalue weighted by Crippen LogP contribution is 2.40. The Morgan fingerprint density at radius 2 is 1.88 bits per heavy atom. The van der Waals surface area contributed by atoms with Crippen molar-refractivity contribution in [3.63, 3.8) is 0 Å². The molecule has 2 fully saturated rings. The van der Waals surface area contributed by atoms with Crippen LogP contribution < -0.4 is 0 Å². The molecule has 0 amide bonds. The Balaban J connectivity index is 1.85. The molecule has 3 rings (SSSR count). The van der Waals surface area contributed by atoms with Crippen LogP contribution in [0.5, 0.6) is 0 Å². The fraction of sp³-hybridized carbons (Fsp3) is 0.833. The van der Waals surface area contributed by atoms with Crippen molar-refractivity contribution in [2.45, 2.75) is 57.6 Å². The van der Waals surface area contributed by atoms with Gasteiger partial charge in [0.1, 0.15) is 12.4 Å². The van der Waals surface area contributed by atoms with Gasteiger partial charge in [0.2, 0.25) is 5.79 Å². The molecule has 0 aromatic rings. The summed E-state index contributed by atoms with van der Waals surface area (Å²) in [7, 11) is 0. The summed E-state index contributed by atoms with van der Waals surface area (Å²) in [4.78, 5) is 0. The van der Waals surface area contributed by atoms with Crippen LogP contribution in [0.4, 0.5) is 0 Å². The lowest BCUT2D eigenvalue weighted by Crippen LogP contribution is -2.56. The lowest BCUT2D eigenvalue weighted by Gasteiger charge is -2.43. The van der Waals surface area contributed by atoms with Crippen LogP contribution in [0.15, 0.2) is 12.0 Å². The SMILES string of the molecule is CC1(C)OC[C@H]2OC=C3OC(C)(C)O[C@H]3[C@@H]2O1. The summed E-state index contributed by atoms with van der Waals surface area (Å²) < 4.78 is 28.5. The summed E-state index contributed by atoms with van der Waals surface area (Å²) in [6, 6.07) is 0. The molecule has 0 N–H and O–H groups in total. The van der Waals surface area contributed by atoms with E-state index in [0.29, 0.717) is 12.4 Å². The third-order valence-electron chi connectivity index (χ3n) is 3.09. The summed E-state index contributed by atoms with van der Waals surface area (Å²) in [5.74, 6) is -0.530. The predicted molar refractivity (Wildman–Crippen MR) is 57.9 cm³/mol. The molecule has 0 bridgehead atoms. The molecule has 3 aliphatic heterocycles. The quantitative estimate of drug-likeness (QED) is 0.644. The molecule has 0 aliphatic carbocycles. The molecule has 5 heteroatoms. The Hall–Kier alpha value is -0.780. The maximum absolute atomic E-state index is 5.89. The molecule has 3 atom stereocenters. The van der Waals surface area contributed by atoms with E-state index in [2.05, 4.69) is 0 Å². The van der Waals surface area contributed by atoms with Gasteiger partial charge in [0, 0.05) is 13.8 Å². The van der Waals surface area contributed by atoms with Crippen LogP contribution in [0.2, 0.25) is 0 Å². The second-order valence-electron chi connectivity index (χ2n) is 5.53. The average molecular weight is 242 g/mol. The normalized spacial score (nSPS) is 41.6. The maximum atomic E-state index is 5.89. The van der Waals surface area contributed by atoms with Crippen LogP contribution >= 0.6 is 0 Å². The Morgan fingerprint density at radius 1 is 1.12 bits per heavy atom. The van der Waals surface area contributed by atoms with Crippen LogP contribution in [-0.2, 0) is 23.7 Å². The Morgan fingerprint density at radius 3 is 2.65 bits per heavy atom. The second-order valence-corrected chi connectivity index (χ2v) is 5.53. The minimum atomic E-state index is -0.624. The van der Waals surface area contributed by atoms with Crippen LogP contribution in [0, 0.1) is 0 Å². The number of rotatable bonds is 0. The third-order valence-corrected chi connectivity index (χ3v) is 3.09. The second kappa shape index (κ2) is 3.37. The smallest absolute Gasteiger partial charge is 0.205 e. The van der Waals surface area contributed by atoms with Crippen LogP contribution in [0.1, 0.15) is 27.7 Å². The van der Waals surface area contributed by atoms with Crippen LogP contribution in [0.3, 0.4) is 0 Å². The molecule has 0 aromatic carbocycles. The summed E-state index contributed by atoms with van der Waals surface area (Å²) in [5, 5.41) is 0. The van der Waals surface area contributed by atoms with Gasteiger partial charge in [0.15, 0.2) is 23.8 Å². The molecule has 2 saturated heterocycles. The number of ether oxygens (including phenoxy) is 5.